The summed E-state index contributed by atoms with van der Waals surface area (Å²) in [7, 11) is 0. The molecule has 0 unspecified atom stereocenters. The smallest absolute Gasteiger partial charge is 0.395 e. The molecule has 0 aliphatic carbocycles. The second-order valence-electron chi connectivity index (χ2n) is 8.18. The topological polar surface area (TPSA) is 107 Å². The molecule has 0 bridgehead atoms. The van der Waals surface area contributed by atoms with E-state index in [0.29, 0.717) is 40.9 Å². The molecular weight excluding hydrogens is 473 g/mol. The van der Waals surface area contributed by atoms with Crippen LogP contribution >= 0.6 is 0 Å². The Kier molecular flexibility index (Phi) is 6.17. The van der Waals surface area contributed by atoms with Gasteiger partial charge in [-0.1, -0.05) is 18.2 Å². The summed E-state index contributed by atoms with van der Waals surface area (Å²) in [5.74, 6) is -0.266. The molecule has 8 nitrogen and oxygen atoms in total. The number of halogens is 3. The molecule has 2 aromatic carbocycles. The number of pyridine rings is 1. The van der Waals surface area contributed by atoms with Crippen LogP contribution < -0.4 is 10.6 Å². The standard InChI is InChI=1S/C25H21F3N6O2/c26-25(27,28)18-3-1-2-16(11-18)17-4-5-19-20(12-17)32-24(31-19)33-23(36)21-14-34-8-6-15(10-22(34)30-21)13-29-7-9-35/h1-6,8,10-12,14,29,35H,7,9,13H2,(H2,31,32,33,36). The first-order chi connectivity index (χ1) is 17.3. The molecule has 5 rings (SSSR count). The van der Waals surface area contributed by atoms with Crippen molar-refractivity contribution in [3.8, 4) is 11.1 Å². The summed E-state index contributed by atoms with van der Waals surface area (Å²) in [6, 6.07) is 13.9. The predicted octanol–water partition coefficient (Wildman–Crippen LogP) is 4.23. The van der Waals surface area contributed by atoms with Gasteiger partial charge in [0.05, 0.1) is 23.2 Å². The molecule has 0 saturated carbocycles. The minimum Gasteiger partial charge on any atom is -0.395 e. The number of imidazole rings is 2. The van der Waals surface area contributed by atoms with Crippen LogP contribution in [0.3, 0.4) is 0 Å². The maximum atomic E-state index is 13.1. The average molecular weight is 494 g/mol. The number of anilines is 1. The van der Waals surface area contributed by atoms with Crippen molar-refractivity contribution in [2.75, 3.05) is 18.5 Å². The van der Waals surface area contributed by atoms with Crippen LogP contribution in [-0.2, 0) is 12.7 Å². The highest BCUT2D eigenvalue weighted by molar-refractivity contribution is 6.03. The van der Waals surface area contributed by atoms with Gasteiger partial charge in [0.2, 0.25) is 5.95 Å². The van der Waals surface area contributed by atoms with Gasteiger partial charge >= 0.3 is 6.18 Å². The van der Waals surface area contributed by atoms with E-state index in [-0.39, 0.29) is 18.2 Å². The Hall–Kier alpha value is -4.22. The third-order valence-electron chi connectivity index (χ3n) is 5.61. The van der Waals surface area contributed by atoms with E-state index in [0.717, 1.165) is 17.7 Å². The molecule has 184 valence electrons. The van der Waals surface area contributed by atoms with Crippen molar-refractivity contribution in [2.45, 2.75) is 12.7 Å². The van der Waals surface area contributed by atoms with E-state index in [9.17, 15) is 18.0 Å². The molecule has 0 radical (unpaired) electrons. The first kappa shape index (κ1) is 23.5. The zero-order valence-electron chi connectivity index (χ0n) is 18.8. The lowest BCUT2D eigenvalue weighted by molar-refractivity contribution is -0.137. The van der Waals surface area contributed by atoms with Crippen molar-refractivity contribution < 1.29 is 23.1 Å². The van der Waals surface area contributed by atoms with Gasteiger partial charge in [0.1, 0.15) is 11.3 Å². The number of rotatable bonds is 7. The number of fused-ring (bicyclic) bond motifs is 2. The number of aromatic amines is 1. The fraction of sp³-hybridized carbons (Fsp3) is 0.160. The van der Waals surface area contributed by atoms with Gasteiger partial charge in [0.15, 0.2) is 0 Å². The summed E-state index contributed by atoms with van der Waals surface area (Å²) in [4.78, 5) is 24.5. The van der Waals surface area contributed by atoms with E-state index in [4.69, 9.17) is 5.11 Å². The van der Waals surface area contributed by atoms with Gasteiger partial charge in [-0.2, -0.15) is 13.2 Å². The van der Waals surface area contributed by atoms with Gasteiger partial charge < -0.3 is 19.8 Å². The summed E-state index contributed by atoms with van der Waals surface area (Å²) < 4.78 is 41.0. The Bertz CT molecular complexity index is 1560. The molecule has 0 saturated heterocycles. The summed E-state index contributed by atoms with van der Waals surface area (Å²) in [5.41, 5.74) is 3.15. The number of amides is 1. The Morgan fingerprint density at radius 3 is 2.69 bits per heavy atom. The van der Waals surface area contributed by atoms with Crippen molar-refractivity contribution >= 4 is 28.5 Å². The van der Waals surface area contributed by atoms with Gasteiger partial charge in [0.25, 0.3) is 5.91 Å². The third-order valence-corrected chi connectivity index (χ3v) is 5.61. The fourth-order valence-electron chi connectivity index (χ4n) is 3.85. The first-order valence-corrected chi connectivity index (χ1v) is 11.1. The van der Waals surface area contributed by atoms with Gasteiger partial charge in [-0.05, 0) is 53.1 Å². The van der Waals surface area contributed by atoms with Crippen LogP contribution in [-0.4, -0.2) is 43.5 Å². The molecule has 11 heteroatoms. The number of nitrogens with zero attached hydrogens (tertiary/aromatic N) is 3. The molecule has 5 aromatic rings. The molecule has 4 N–H and O–H groups in total. The SMILES string of the molecule is O=C(Nc1nc2ccc(-c3cccc(C(F)(F)F)c3)cc2[nH]1)c1cn2ccc(CNCCO)cc2n1. The molecule has 0 aliphatic rings. The Balaban J connectivity index is 1.34. The number of aliphatic hydroxyl groups excluding tert-OH is 1. The summed E-state index contributed by atoms with van der Waals surface area (Å²) >= 11 is 0. The first-order valence-electron chi connectivity index (χ1n) is 11.1. The van der Waals surface area contributed by atoms with Crippen molar-refractivity contribution in [3.05, 3.63) is 83.8 Å². The van der Waals surface area contributed by atoms with Crippen LogP contribution in [0.25, 0.3) is 27.8 Å². The van der Waals surface area contributed by atoms with Crippen LogP contribution in [0.1, 0.15) is 21.6 Å². The summed E-state index contributed by atoms with van der Waals surface area (Å²) in [6.45, 7) is 1.09. The number of aromatic nitrogens is 4. The maximum absolute atomic E-state index is 13.1. The monoisotopic (exact) mass is 494 g/mol. The number of aliphatic hydroxyl groups is 1. The van der Waals surface area contributed by atoms with Gasteiger partial charge in [-0.15, -0.1) is 0 Å². The Morgan fingerprint density at radius 1 is 1.06 bits per heavy atom. The molecule has 0 atom stereocenters. The van der Waals surface area contributed by atoms with Crippen molar-refractivity contribution in [2.24, 2.45) is 0 Å². The van der Waals surface area contributed by atoms with Crippen LogP contribution in [0.15, 0.2) is 67.0 Å². The maximum Gasteiger partial charge on any atom is 0.416 e. The highest BCUT2D eigenvalue weighted by Gasteiger charge is 2.30. The summed E-state index contributed by atoms with van der Waals surface area (Å²) in [5, 5.41) is 14.7. The number of carbonyl (C=O) groups is 1. The number of alkyl halides is 3. The van der Waals surface area contributed by atoms with E-state index in [1.54, 1.807) is 41.1 Å². The number of H-pyrrole nitrogens is 1. The van der Waals surface area contributed by atoms with Crippen molar-refractivity contribution in [3.63, 3.8) is 0 Å². The minimum atomic E-state index is -4.43. The molecule has 3 aromatic heterocycles. The number of carbonyl (C=O) groups excluding carboxylic acids is 1. The van der Waals surface area contributed by atoms with Crippen LogP contribution in [0.4, 0.5) is 19.1 Å². The summed E-state index contributed by atoms with van der Waals surface area (Å²) in [6.07, 6.45) is -1.03. The van der Waals surface area contributed by atoms with Crippen LogP contribution in [0.2, 0.25) is 0 Å². The number of benzene rings is 2. The minimum absolute atomic E-state index is 0.0459. The fourth-order valence-corrected chi connectivity index (χ4v) is 3.85. The highest BCUT2D eigenvalue weighted by Crippen LogP contribution is 2.33. The molecule has 0 aliphatic heterocycles. The molecule has 1 amide bonds. The molecule has 3 heterocycles. The van der Waals surface area contributed by atoms with Crippen molar-refractivity contribution in [1.29, 1.82) is 0 Å². The van der Waals surface area contributed by atoms with Crippen molar-refractivity contribution in [1.82, 2.24) is 24.7 Å². The lowest BCUT2D eigenvalue weighted by atomic mass is 10.0. The number of hydrogen-bond acceptors (Lipinski definition) is 5. The lowest BCUT2D eigenvalue weighted by Crippen LogP contribution is -2.17. The van der Waals surface area contributed by atoms with E-state index in [2.05, 4.69) is 25.6 Å². The normalized spacial score (nSPS) is 11.9. The van der Waals surface area contributed by atoms with E-state index in [1.165, 1.54) is 6.07 Å². The van der Waals surface area contributed by atoms with Gasteiger partial charge in [-0.25, -0.2) is 9.97 Å². The Morgan fingerprint density at radius 2 is 1.89 bits per heavy atom. The lowest BCUT2D eigenvalue weighted by Gasteiger charge is -2.08. The molecule has 0 fully saturated rings. The largest absolute Gasteiger partial charge is 0.416 e. The Labute approximate surface area is 202 Å². The second kappa shape index (κ2) is 9.44. The van der Waals surface area contributed by atoms with Crippen LogP contribution in [0.5, 0.6) is 0 Å². The zero-order valence-corrected chi connectivity index (χ0v) is 18.8. The number of nitrogens with one attached hydrogen (secondary N) is 3. The third kappa shape index (κ3) is 4.92. The van der Waals surface area contributed by atoms with E-state index in [1.807, 2.05) is 12.1 Å². The number of hydrogen-bond donors (Lipinski definition) is 4. The molecular formula is C25H21F3N6O2. The van der Waals surface area contributed by atoms with Gasteiger partial charge in [-0.3, -0.25) is 10.1 Å². The van der Waals surface area contributed by atoms with Gasteiger partial charge in [0, 0.05) is 25.5 Å². The average Bonchev–Trinajstić information content (AvgIpc) is 3.46. The highest BCUT2D eigenvalue weighted by atomic mass is 19.4. The second-order valence-corrected chi connectivity index (χ2v) is 8.18. The van der Waals surface area contributed by atoms with E-state index < -0.39 is 17.6 Å². The predicted molar refractivity (Wildman–Crippen MR) is 128 cm³/mol. The van der Waals surface area contributed by atoms with E-state index >= 15 is 0 Å². The molecule has 0 spiro atoms. The quantitative estimate of drug-likeness (QED) is 0.253. The molecule has 36 heavy (non-hydrogen) atoms. The zero-order chi connectivity index (χ0) is 25.3. The van der Waals surface area contributed by atoms with Crippen LogP contribution in [0, 0.1) is 0 Å².